The Hall–Kier alpha value is -2.24. The van der Waals surface area contributed by atoms with Gasteiger partial charge in [-0.2, -0.15) is 0 Å². The van der Waals surface area contributed by atoms with Crippen molar-refractivity contribution in [2.45, 2.75) is 26.2 Å². The second-order valence-electron chi connectivity index (χ2n) is 5.92. The number of rotatable bonds is 5. The molecule has 0 radical (unpaired) electrons. The first-order valence-corrected chi connectivity index (χ1v) is 7.95. The normalized spacial score (nSPS) is 20.9. The zero-order chi connectivity index (χ0) is 16.8. The molecule has 2 N–H and O–H groups in total. The molecule has 0 saturated carbocycles. The number of urea groups is 1. The summed E-state index contributed by atoms with van der Waals surface area (Å²) >= 11 is 0. The van der Waals surface area contributed by atoms with Gasteiger partial charge in [-0.1, -0.05) is 19.4 Å². The molecule has 2 atom stereocenters. The highest BCUT2D eigenvalue weighted by atomic mass is 16.5. The van der Waals surface area contributed by atoms with E-state index in [0.29, 0.717) is 24.5 Å². The number of carbonyl (C=O) groups is 2. The van der Waals surface area contributed by atoms with Crippen LogP contribution in [-0.4, -0.2) is 42.2 Å². The Kier molecular flexibility index (Phi) is 5.84. The molecule has 23 heavy (non-hydrogen) atoms. The summed E-state index contributed by atoms with van der Waals surface area (Å²) in [6.07, 6.45) is 1.79. The maximum Gasteiger partial charge on any atom is 0.321 e. The van der Waals surface area contributed by atoms with E-state index < -0.39 is 5.97 Å². The molecule has 1 fully saturated rings. The van der Waals surface area contributed by atoms with E-state index in [-0.39, 0.29) is 24.3 Å². The van der Waals surface area contributed by atoms with E-state index in [1.54, 1.807) is 18.1 Å². The topological polar surface area (TPSA) is 78.9 Å². The average Bonchev–Trinajstić information content (AvgIpc) is 2.54. The number of piperidine rings is 1. The predicted molar refractivity (Wildman–Crippen MR) is 87.7 cm³/mol. The van der Waals surface area contributed by atoms with E-state index in [9.17, 15) is 9.59 Å². The van der Waals surface area contributed by atoms with Crippen molar-refractivity contribution in [2.24, 2.45) is 11.8 Å². The highest BCUT2D eigenvalue weighted by Crippen LogP contribution is 2.29. The first kappa shape index (κ1) is 17.1. The number of nitrogens with zero attached hydrogens (tertiary/aromatic N) is 1. The van der Waals surface area contributed by atoms with Crippen LogP contribution in [0, 0.1) is 11.8 Å². The van der Waals surface area contributed by atoms with Gasteiger partial charge in [-0.25, -0.2) is 4.79 Å². The van der Waals surface area contributed by atoms with Crippen molar-refractivity contribution in [2.75, 3.05) is 25.5 Å². The number of anilines is 1. The van der Waals surface area contributed by atoms with Gasteiger partial charge in [-0.05, 0) is 30.4 Å². The minimum Gasteiger partial charge on any atom is -0.497 e. The van der Waals surface area contributed by atoms with Gasteiger partial charge in [-0.3, -0.25) is 4.79 Å². The van der Waals surface area contributed by atoms with Gasteiger partial charge in [0.2, 0.25) is 0 Å². The largest absolute Gasteiger partial charge is 0.497 e. The van der Waals surface area contributed by atoms with Gasteiger partial charge in [0.15, 0.2) is 0 Å². The van der Waals surface area contributed by atoms with Crippen LogP contribution < -0.4 is 10.1 Å². The van der Waals surface area contributed by atoms with Crippen molar-refractivity contribution >= 4 is 17.7 Å². The number of likely N-dealkylation sites (tertiary alicyclic amines) is 1. The standard InChI is InChI=1S/C17H24N2O4/c1-3-12-11-19(8-7-13(12)9-16(20)21)17(22)18-14-5-4-6-15(10-14)23-2/h4-6,10,12-13H,3,7-9,11H2,1-2H3,(H,18,22)(H,20,21)/t12-,13+/m1/s1. The lowest BCUT2D eigenvalue weighted by molar-refractivity contribution is -0.139. The molecule has 1 saturated heterocycles. The predicted octanol–water partition coefficient (Wildman–Crippen LogP) is 3.05. The summed E-state index contributed by atoms with van der Waals surface area (Å²) in [6.45, 7) is 3.23. The zero-order valence-electron chi connectivity index (χ0n) is 13.6. The van der Waals surface area contributed by atoms with Crippen LogP contribution in [0.15, 0.2) is 24.3 Å². The van der Waals surface area contributed by atoms with Crippen molar-refractivity contribution < 1.29 is 19.4 Å². The number of aliphatic carboxylic acids is 1. The number of hydrogen-bond donors (Lipinski definition) is 2. The van der Waals surface area contributed by atoms with E-state index >= 15 is 0 Å². The first-order valence-electron chi connectivity index (χ1n) is 7.95. The maximum absolute atomic E-state index is 12.4. The lowest BCUT2D eigenvalue weighted by atomic mass is 9.82. The van der Waals surface area contributed by atoms with E-state index in [0.717, 1.165) is 12.8 Å². The minimum atomic E-state index is -0.761. The molecule has 6 nitrogen and oxygen atoms in total. The van der Waals surface area contributed by atoms with Crippen molar-refractivity contribution in [3.8, 4) is 5.75 Å². The number of benzene rings is 1. The van der Waals surface area contributed by atoms with Crippen LogP contribution in [0.4, 0.5) is 10.5 Å². The fourth-order valence-corrected chi connectivity index (χ4v) is 3.12. The summed E-state index contributed by atoms with van der Waals surface area (Å²) in [5.41, 5.74) is 0.690. The molecule has 6 heteroatoms. The van der Waals surface area contributed by atoms with Crippen LogP contribution in [0.3, 0.4) is 0 Å². The Morgan fingerprint density at radius 2 is 2.17 bits per heavy atom. The Morgan fingerprint density at radius 3 is 2.83 bits per heavy atom. The molecule has 1 aromatic rings. The first-order chi connectivity index (χ1) is 11.0. The Morgan fingerprint density at radius 1 is 1.39 bits per heavy atom. The highest BCUT2D eigenvalue weighted by molar-refractivity contribution is 5.89. The monoisotopic (exact) mass is 320 g/mol. The van der Waals surface area contributed by atoms with Gasteiger partial charge in [-0.15, -0.1) is 0 Å². The van der Waals surface area contributed by atoms with E-state index in [2.05, 4.69) is 5.32 Å². The molecule has 0 bridgehead atoms. The number of ether oxygens (including phenoxy) is 1. The van der Waals surface area contributed by atoms with Gasteiger partial charge in [0.25, 0.3) is 0 Å². The molecule has 1 heterocycles. The molecular formula is C17H24N2O4. The molecule has 0 spiro atoms. The summed E-state index contributed by atoms with van der Waals surface area (Å²) in [4.78, 5) is 25.1. The molecule has 2 amide bonds. The maximum atomic E-state index is 12.4. The van der Waals surface area contributed by atoms with Gasteiger partial charge in [0.1, 0.15) is 5.75 Å². The Balaban J connectivity index is 1.96. The number of nitrogens with one attached hydrogen (secondary N) is 1. The SMILES string of the molecule is CC[C@@H]1CN(C(=O)Nc2cccc(OC)c2)CC[C@H]1CC(=O)O. The highest BCUT2D eigenvalue weighted by Gasteiger charge is 2.31. The van der Waals surface area contributed by atoms with Gasteiger partial charge in [0, 0.05) is 31.3 Å². The molecular weight excluding hydrogens is 296 g/mol. The van der Waals surface area contributed by atoms with Crippen LogP contribution >= 0.6 is 0 Å². The van der Waals surface area contributed by atoms with Crippen LogP contribution in [-0.2, 0) is 4.79 Å². The van der Waals surface area contributed by atoms with Crippen LogP contribution in [0.5, 0.6) is 5.75 Å². The average molecular weight is 320 g/mol. The third kappa shape index (κ3) is 4.61. The number of hydrogen-bond acceptors (Lipinski definition) is 3. The summed E-state index contributed by atoms with van der Waals surface area (Å²) < 4.78 is 5.15. The van der Waals surface area contributed by atoms with Crippen molar-refractivity contribution in [1.82, 2.24) is 4.90 Å². The van der Waals surface area contributed by atoms with Crippen molar-refractivity contribution in [1.29, 1.82) is 0 Å². The molecule has 0 aromatic heterocycles. The third-order valence-corrected chi connectivity index (χ3v) is 4.46. The summed E-state index contributed by atoms with van der Waals surface area (Å²) in [6, 6.07) is 7.08. The third-order valence-electron chi connectivity index (χ3n) is 4.46. The summed E-state index contributed by atoms with van der Waals surface area (Å²) in [5, 5.41) is 11.9. The number of amides is 2. The van der Waals surface area contributed by atoms with Gasteiger partial charge in [0.05, 0.1) is 7.11 Å². The molecule has 1 aliphatic rings. The van der Waals surface area contributed by atoms with E-state index in [1.807, 2.05) is 25.1 Å². The molecule has 1 aliphatic heterocycles. The van der Waals surface area contributed by atoms with Crippen LogP contribution in [0.1, 0.15) is 26.2 Å². The molecule has 0 aliphatic carbocycles. The summed E-state index contributed by atoms with van der Waals surface area (Å²) in [7, 11) is 1.58. The van der Waals surface area contributed by atoms with Crippen molar-refractivity contribution in [3.63, 3.8) is 0 Å². The van der Waals surface area contributed by atoms with E-state index in [1.165, 1.54) is 0 Å². The number of carbonyl (C=O) groups excluding carboxylic acids is 1. The van der Waals surface area contributed by atoms with Crippen molar-refractivity contribution in [3.05, 3.63) is 24.3 Å². The quantitative estimate of drug-likeness (QED) is 0.874. The fraction of sp³-hybridized carbons (Fsp3) is 0.529. The van der Waals surface area contributed by atoms with Gasteiger partial charge < -0.3 is 20.1 Å². The molecule has 2 rings (SSSR count). The lowest BCUT2D eigenvalue weighted by Crippen LogP contribution is -2.45. The Bertz CT molecular complexity index is 561. The zero-order valence-corrected chi connectivity index (χ0v) is 13.6. The van der Waals surface area contributed by atoms with Crippen LogP contribution in [0.2, 0.25) is 0 Å². The number of carboxylic acids is 1. The van der Waals surface area contributed by atoms with Gasteiger partial charge >= 0.3 is 12.0 Å². The second-order valence-corrected chi connectivity index (χ2v) is 5.92. The minimum absolute atomic E-state index is 0.148. The number of carboxylic acid groups (broad SMARTS) is 1. The van der Waals surface area contributed by atoms with E-state index in [4.69, 9.17) is 9.84 Å². The van der Waals surface area contributed by atoms with Crippen LogP contribution in [0.25, 0.3) is 0 Å². The second kappa shape index (κ2) is 7.85. The Labute approximate surface area is 136 Å². The fourth-order valence-electron chi connectivity index (χ4n) is 3.12. The summed E-state index contributed by atoms with van der Waals surface area (Å²) in [5.74, 6) is 0.311. The smallest absolute Gasteiger partial charge is 0.321 e. The molecule has 1 aromatic carbocycles. The number of methoxy groups -OCH3 is 1. The molecule has 0 unspecified atom stereocenters. The molecule has 126 valence electrons. The lowest BCUT2D eigenvalue weighted by Gasteiger charge is -2.37.